The first kappa shape index (κ1) is 14.5. The molecule has 0 aliphatic heterocycles. The van der Waals surface area contributed by atoms with Crippen molar-refractivity contribution in [2.24, 2.45) is 5.92 Å². The van der Waals surface area contributed by atoms with Gasteiger partial charge in [-0.15, -0.1) is 0 Å². The Labute approximate surface area is 115 Å². The van der Waals surface area contributed by atoms with Gasteiger partial charge in [0.2, 0.25) is 0 Å². The first-order valence-corrected chi connectivity index (χ1v) is 8.55. The third-order valence-electron chi connectivity index (χ3n) is 4.02. The fourth-order valence-electron chi connectivity index (χ4n) is 3.14. The molecule has 1 saturated carbocycles. The zero-order valence-electron chi connectivity index (χ0n) is 11.3. The molecule has 1 fully saturated rings. The normalized spacial score (nSPS) is 20.9. The van der Waals surface area contributed by atoms with Crippen molar-refractivity contribution in [3.8, 4) is 0 Å². The van der Waals surface area contributed by atoms with Gasteiger partial charge in [0.25, 0.3) is 0 Å². The Balaban J connectivity index is 2.33. The van der Waals surface area contributed by atoms with E-state index < -0.39 is 21.2 Å². The predicted octanol–water partition coefficient (Wildman–Crippen LogP) is 2.79. The van der Waals surface area contributed by atoms with Crippen molar-refractivity contribution in [2.75, 3.05) is 0 Å². The van der Waals surface area contributed by atoms with Gasteiger partial charge < -0.3 is 5.11 Å². The monoisotopic (exact) mass is 282 g/mol. The standard InChI is InChI=1S/C15H22O3S/c1-12(16)15(13-8-4-2-5-9-13)19(17,18)14-10-6-3-7-11-14/h3,6-7,10-13,15-16H,2,4-5,8-9H2,1H3/t12-,15+/m0/s1. The molecule has 1 aromatic carbocycles. The number of hydrogen-bond donors (Lipinski definition) is 1. The molecule has 0 spiro atoms. The molecule has 2 atom stereocenters. The SMILES string of the molecule is C[C@H](O)[C@H](C1CCCCC1)S(=O)(=O)c1ccccc1. The molecule has 1 N–H and O–H groups in total. The largest absolute Gasteiger partial charge is 0.392 e. The molecule has 19 heavy (non-hydrogen) atoms. The molecule has 0 saturated heterocycles. The van der Waals surface area contributed by atoms with E-state index in [0.717, 1.165) is 25.7 Å². The van der Waals surface area contributed by atoms with Crippen LogP contribution in [0, 0.1) is 5.92 Å². The van der Waals surface area contributed by atoms with Gasteiger partial charge in [0.05, 0.1) is 16.2 Å². The Morgan fingerprint density at radius 3 is 2.21 bits per heavy atom. The lowest BCUT2D eigenvalue weighted by Gasteiger charge is -2.31. The molecule has 1 aromatic rings. The molecular formula is C15H22O3S. The molecule has 1 aliphatic carbocycles. The maximum atomic E-state index is 12.7. The molecule has 0 aromatic heterocycles. The van der Waals surface area contributed by atoms with Gasteiger partial charge in [0.15, 0.2) is 9.84 Å². The minimum absolute atomic E-state index is 0.0824. The highest BCUT2D eigenvalue weighted by atomic mass is 32.2. The van der Waals surface area contributed by atoms with Crippen molar-refractivity contribution < 1.29 is 13.5 Å². The zero-order valence-corrected chi connectivity index (χ0v) is 12.1. The fourth-order valence-corrected chi connectivity index (χ4v) is 5.28. The summed E-state index contributed by atoms with van der Waals surface area (Å²) < 4.78 is 25.4. The van der Waals surface area contributed by atoms with Gasteiger partial charge in [-0.1, -0.05) is 37.5 Å². The summed E-state index contributed by atoms with van der Waals surface area (Å²) in [5.41, 5.74) is 0. The highest BCUT2D eigenvalue weighted by Crippen LogP contribution is 2.34. The number of aliphatic hydroxyl groups is 1. The Morgan fingerprint density at radius 2 is 1.68 bits per heavy atom. The van der Waals surface area contributed by atoms with Gasteiger partial charge in [-0.3, -0.25) is 0 Å². The van der Waals surface area contributed by atoms with Crippen molar-refractivity contribution in [2.45, 2.75) is 55.3 Å². The van der Waals surface area contributed by atoms with Crippen LogP contribution in [0.4, 0.5) is 0 Å². The highest BCUT2D eigenvalue weighted by Gasteiger charge is 2.38. The van der Waals surface area contributed by atoms with E-state index in [4.69, 9.17) is 0 Å². The molecule has 106 valence electrons. The van der Waals surface area contributed by atoms with E-state index in [9.17, 15) is 13.5 Å². The first-order chi connectivity index (χ1) is 9.03. The Morgan fingerprint density at radius 1 is 1.11 bits per heavy atom. The Kier molecular flexibility index (Phi) is 4.63. The molecule has 3 nitrogen and oxygen atoms in total. The van der Waals surface area contributed by atoms with Crippen LogP contribution >= 0.6 is 0 Å². The summed E-state index contributed by atoms with van der Waals surface area (Å²) >= 11 is 0. The highest BCUT2D eigenvalue weighted by molar-refractivity contribution is 7.92. The minimum atomic E-state index is -3.45. The van der Waals surface area contributed by atoms with Crippen LogP contribution in [0.2, 0.25) is 0 Å². The van der Waals surface area contributed by atoms with E-state index in [0.29, 0.717) is 4.90 Å². The molecule has 0 amide bonds. The average Bonchev–Trinajstić information content (AvgIpc) is 2.40. The summed E-state index contributed by atoms with van der Waals surface area (Å²) in [5, 5.41) is 9.31. The third kappa shape index (κ3) is 3.18. The van der Waals surface area contributed by atoms with E-state index in [2.05, 4.69) is 0 Å². The number of hydrogen-bond acceptors (Lipinski definition) is 3. The summed E-state index contributed by atoms with van der Waals surface area (Å²) in [5.74, 6) is 0.0824. The number of rotatable bonds is 4. The maximum Gasteiger partial charge on any atom is 0.184 e. The van der Waals surface area contributed by atoms with Gasteiger partial charge in [-0.05, 0) is 37.8 Å². The van der Waals surface area contributed by atoms with Crippen molar-refractivity contribution in [1.82, 2.24) is 0 Å². The molecule has 4 heteroatoms. The van der Waals surface area contributed by atoms with Gasteiger partial charge in [-0.25, -0.2) is 8.42 Å². The fraction of sp³-hybridized carbons (Fsp3) is 0.600. The quantitative estimate of drug-likeness (QED) is 0.924. The number of benzene rings is 1. The average molecular weight is 282 g/mol. The first-order valence-electron chi connectivity index (χ1n) is 7.00. The zero-order chi connectivity index (χ0) is 13.9. The van der Waals surface area contributed by atoms with Crippen LogP contribution in [-0.4, -0.2) is 24.9 Å². The van der Waals surface area contributed by atoms with Gasteiger partial charge in [0, 0.05) is 0 Å². The van der Waals surface area contributed by atoms with E-state index in [-0.39, 0.29) is 5.92 Å². The second-order valence-corrected chi connectivity index (χ2v) is 7.57. The van der Waals surface area contributed by atoms with Crippen LogP contribution in [0.25, 0.3) is 0 Å². The van der Waals surface area contributed by atoms with Crippen LogP contribution in [0.1, 0.15) is 39.0 Å². The lowest BCUT2D eigenvalue weighted by molar-refractivity contribution is 0.150. The lowest BCUT2D eigenvalue weighted by Crippen LogP contribution is -2.39. The summed E-state index contributed by atoms with van der Waals surface area (Å²) in [6.07, 6.45) is 4.29. The minimum Gasteiger partial charge on any atom is -0.392 e. The van der Waals surface area contributed by atoms with Crippen LogP contribution in [0.3, 0.4) is 0 Å². The topological polar surface area (TPSA) is 54.4 Å². The number of sulfone groups is 1. The molecule has 0 heterocycles. The van der Waals surface area contributed by atoms with Gasteiger partial charge in [0.1, 0.15) is 0 Å². The molecule has 0 bridgehead atoms. The summed E-state index contributed by atoms with van der Waals surface area (Å²) in [6.45, 7) is 1.60. The second-order valence-electron chi connectivity index (χ2n) is 5.46. The van der Waals surface area contributed by atoms with Gasteiger partial charge >= 0.3 is 0 Å². The second kappa shape index (κ2) is 6.06. The molecule has 2 rings (SSSR count). The summed E-state index contributed by atoms with van der Waals surface area (Å²) in [6, 6.07) is 8.50. The maximum absolute atomic E-state index is 12.7. The van der Waals surface area contributed by atoms with Crippen molar-refractivity contribution in [3.63, 3.8) is 0 Å². The van der Waals surface area contributed by atoms with Crippen LogP contribution in [-0.2, 0) is 9.84 Å². The predicted molar refractivity (Wildman–Crippen MR) is 75.7 cm³/mol. The van der Waals surface area contributed by atoms with Crippen LogP contribution in [0.5, 0.6) is 0 Å². The Bertz CT molecular complexity index is 487. The summed E-state index contributed by atoms with van der Waals surface area (Å²) in [7, 11) is -3.45. The van der Waals surface area contributed by atoms with Crippen molar-refractivity contribution in [3.05, 3.63) is 30.3 Å². The van der Waals surface area contributed by atoms with Crippen LogP contribution < -0.4 is 0 Å². The van der Waals surface area contributed by atoms with Crippen molar-refractivity contribution in [1.29, 1.82) is 0 Å². The number of aliphatic hydroxyl groups excluding tert-OH is 1. The van der Waals surface area contributed by atoms with E-state index >= 15 is 0 Å². The molecule has 0 unspecified atom stereocenters. The Hall–Kier alpha value is -0.870. The summed E-state index contributed by atoms with van der Waals surface area (Å²) in [4.78, 5) is 0.325. The van der Waals surface area contributed by atoms with E-state index in [1.54, 1.807) is 37.3 Å². The smallest absolute Gasteiger partial charge is 0.184 e. The van der Waals surface area contributed by atoms with Crippen LogP contribution in [0.15, 0.2) is 35.2 Å². The molecule has 0 radical (unpaired) electrons. The van der Waals surface area contributed by atoms with E-state index in [1.165, 1.54) is 6.42 Å². The third-order valence-corrected chi connectivity index (χ3v) is 6.44. The lowest BCUT2D eigenvalue weighted by atomic mass is 9.85. The van der Waals surface area contributed by atoms with Crippen molar-refractivity contribution >= 4 is 9.84 Å². The molecular weight excluding hydrogens is 260 g/mol. The molecule has 1 aliphatic rings. The van der Waals surface area contributed by atoms with Gasteiger partial charge in [-0.2, -0.15) is 0 Å². The van der Waals surface area contributed by atoms with E-state index in [1.807, 2.05) is 0 Å².